The van der Waals surface area contributed by atoms with E-state index in [2.05, 4.69) is 5.16 Å². The summed E-state index contributed by atoms with van der Waals surface area (Å²) in [6.45, 7) is 2.09. The number of hydrogen-bond donors (Lipinski definition) is 1. The van der Waals surface area contributed by atoms with E-state index in [0.717, 1.165) is 5.39 Å². The third-order valence-corrected chi connectivity index (χ3v) is 3.72. The van der Waals surface area contributed by atoms with E-state index < -0.39 is 0 Å². The van der Waals surface area contributed by atoms with Gasteiger partial charge in [0.25, 0.3) is 0 Å². The molecule has 3 rings (SSSR count). The number of fused-ring (bicyclic) bond motifs is 1. The smallest absolute Gasteiger partial charge is 0.228 e. The van der Waals surface area contributed by atoms with Gasteiger partial charge in [-0.25, -0.2) is 0 Å². The summed E-state index contributed by atoms with van der Waals surface area (Å²) in [7, 11) is 0. The van der Waals surface area contributed by atoms with Crippen LogP contribution in [0.15, 0.2) is 28.8 Å². The number of benzene rings is 1. The summed E-state index contributed by atoms with van der Waals surface area (Å²) in [5.41, 5.74) is 1.34. The van der Waals surface area contributed by atoms with Gasteiger partial charge in [-0.1, -0.05) is 17.3 Å². The monoisotopic (exact) mass is 290 g/mol. The fourth-order valence-corrected chi connectivity index (χ4v) is 2.54. The second-order valence-corrected chi connectivity index (χ2v) is 5.27. The predicted molar refractivity (Wildman–Crippen MR) is 75.7 cm³/mol. The maximum atomic E-state index is 12.4. The standard InChI is InChI=1S/C15H18N2O4/c18-9-11-8-17(5-6-20-10-11)15(19)7-13-12-3-1-2-4-14(12)21-16-13/h1-4,11,18H,5-10H2/t11-/m1/s1. The van der Waals surface area contributed by atoms with Crippen LogP contribution in [0.5, 0.6) is 0 Å². The molecule has 6 nitrogen and oxygen atoms in total. The summed E-state index contributed by atoms with van der Waals surface area (Å²) in [5.74, 6) is -0.0384. The van der Waals surface area contributed by atoms with E-state index >= 15 is 0 Å². The predicted octanol–water partition coefficient (Wildman–Crippen LogP) is 0.838. The first-order valence-electron chi connectivity index (χ1n) is 7.07. The van der Waals surface area contributed by atoms with Crippen molar-refractivity contribution >= 4 is 16.9 Å². The highest BCUT2D eigenvalue weighted by Gasteiger charge is 2.23. The number of carbonyl (C=O) groups is 1. The molecule has 1 saturated heterocycles. The quantitative estimate of drug-likeness (QED) is 0.906. The van der Waals surface area contributed by atoms with Crippen molar-refractivity contribution in [2.75, 3.05) is 32.9 Å². The minimum atomic E-state index is -0.0227. The normalized spacial score (nSPS) is 19.7. The van der Waals surface area contributed by atoms with Crippen molar-refractivity contribution in [3.05, 3.63) is 30.0 Å². The zero-order valence-corrected chi connectivity index (χ0v) is 11.7. The van der Waals surface area contributed by atoms with E-state index in [9.17, 15) is 9.90 Å². The molecule has 21 heavy (non-hydrogen) atoms. The van der Waals surface area contributed by atoms with Crippen LogP contribution in [0.25, 0.3) is 11.0 Å². The van der Waals surface area contributed by atoms with E-state index in [1.807, 2.05) is 24.3 Å². The molecule has 1 aliphatic heterocycles. The van der Waals surface area contributed by atoms with Gasteiger partial charge in [0.05, 0.1) is 19.6 Å². The molecule has 0 spiro atoms. The van der Waals surface area contributed by atoms with E-state index in [-0.39, 0.29) is 24.9 Å². The van der Waals surface area contributed by atoms with Gasteiger partial charge in [-0.15, -0.1) is 0 Å². The van der Waals surface area contributed by atoms with Gasteiger partial charge in [0.1, 0.15) is 5.69 Å². The van der Waals surface area contributed by atoms with Gasteiger partial charge in [0.15, 0.2) is 5.58 Å². The molecule has 0 saturated carbocycles. The molecule has 1 N–H and O–H groups in total. The van der Waals surface area contributed by atoms with E-state index in [1.165, 1.54) is 0 Å². The summed E-state index contributed by atoms with van der Waals surface area (Å²) in [6.07, 6.45) is 0.204. The molecule has 2 aromatic rings. The molecule has 2 heterocycles. The van der Waals surface area contributed by atoms with Crippen LogP contribution in [0.1, 0.15) is 5.69 Å². The minimum Gasteiger partial charge on any atom is -0.396 e. The second kappa shape index (κ2) is 6.24. The lowest BCUT2D eigenvalue weighted by molar-refractivity contribution is -0.131. The van der Waals surface area contributed by atoms with Crippen LogP contribution in [0.2, 0.25) is 0 Å². The van der Waals surface area contributed by atoms with Gasteiger partial charge in [0, 0.05) is 31.0 Å². The second-order valence-electron chi connectivity index (χ2n) is 5.27. The largest absolute Gasteiger partial charge is 0.396 e. The first kappa shape index (κ1) is 14.0. The third-order valence-electron chi connectivity index (χ3n) is 3.72. The lowest BCUT2D eigenvalue weighted by Gasteiger charge is -2.22. The van der Waals surface area contributed by atoms with Crippen molar-refractivity contribution in [3.63, 3.8) is 0 Å². The van der Waals surface area contributed by atoms with Crippen LogP contribution in [-0.2, 0) is 16.0 Å². The molecule has 0 unspecified atom stereocenters. The number of amides is 1. The van der Waals surface area contributed by atoms with Crippen LogP contribution in [0, 0.1) is 5.92 Å². The van der Waals surface area contributed by atoms with Crippen molar-refractivity contribution in [3.8, 4) is 0 Å². The average molecular weight is 290 g/mol. The number of nitrogens with zero attached hydrogens (tertiary/aromatic N) is 2. The highest BCUT2D eigenvalue weighted by Crippen LogP contribution is 2.19. The minimum absolute atomic E-state index is 0.0157. The lowest BCUT2D eigenvalue weighted by Crippen LogP contribution is -2.37. The molecule has 1 aromatic heterocycles. The molecule has 0 bridgehead atoms. The van der Waals surface area contributed by atoms with E-state index in [1.54, 1.807) is 4.90 Å². The number of ether oxygens (including phenoxy) is 1. The van der Waals surface area contributed by atoms with Crippen LogP contribution in [0.4, 0.5) is 0 Å². The Kier molecular flexibility index (Phi) is 4.17. The number of carbonyl (C=O) groups excluding carboxylic acids is 1. The fourth-order valence-electron chi connectivity index (χ4n) is 2.54. The number of aliphatic hydroxyl groups is 1. The van der Waals surface area contributed by atoms with E-state index in [0.29, 0.717) is 37.6 Å². The third kappa shape index (κ3) is 3.06. The maximum Gasteiger partial charge on any atom is 0.228 e. The molecule has 1 aromatic carbocycles. The van der Waals surface area contributed by atoms with E-state index in [4.69, 9.17) is 9.26 Å². The fraction of sp³-hybridized carbons (Fsp3) is 0.467. The summed E-state index contributed by atoms with van der Waals surface area (Å²) in [4.78, 5) is 14.2. The Bertz CT molecular complexity index is 625. The zero-order chi connectivity index (χ0) is 14.7. The van der Waals surface area contributed by atoms with Crippen molar-refractivity contribution in [1.29, 1.82) is 0 Å². The van der Waals surface area contributed by atoms with Crippen LogP contribution in [0.3, 0.4) is 0 Å². The van der Waals surface area contributed by atoms with Gasteiger partial charge in [0.2, 0.25) is 5.91 Å². The van der Waals surface area contributed by atoms with Crippen LogP contribution in [-0.4, -0.2) is 54.0 Å². The molecule has 0 aliphatic carbocycles. The number of rotatable bonds is 3. The molecule has 1 atom stereocenters. The van der Waals surface area contributed by atoms with Crippen molar-refractivity contribution in [2.45, 2.75) is 6.42 Å². The summed E-state index contributed by atoms with van der Waals surface area (Å²) < 4.78 is 10.6. The Labute approximate surface area is 122 Å². The van der Waals surface area contributed by atoms with Gasteiger partial charge in [-0.3, -0.25) is 4.79 Å². The molecule has 1 amide bonds. The van der Waals surface area contributed by atoms with Crippen LogP contribution >= 0.6 is 0 Å². The summed E-state index contributed by atoms with van der Waals surface area (Å²) >= 11 is 0. The average Bonchev–Trinajstić information content (AvgIpc) is 2.76. The highest BCUT2D eigenvalue weighted by atomic mass is 16.5. The molecular formula is C15H18N2O4. The lowest BCUT2D eigenvalue weighted by atomic mass is 10.1. The Hall–Kier alpha value is -1.92. The van der Waals surface area contributed by atoms with Crippen LogP contribution < -0.4 is 0 Å². The van der Waals surface area contributed by atoms with Gasteiger partial charge in [-0.2, -0.15) is 0 Å². The highest BCUT2D eigenvalue weighted by molar-refractivity contribution is 5.86. The first-order chi connectivity index (χ1) is 10.3. The molecule has 0 radical (unpaired) electrons. The maximum absolute atomic E-state index is 12.4. The topological polar surface area (TPSA) is 75.8 Å². The van der Waals surface area contributed by atoms with Gasteiger partial charge < -0.3 is 19.3 Å². The summed E-state index contributed by atoms with van der Waals surface area (Å²) in [5, 5.41) is 14.1. The molecule has 1 aliphatic rings. The molecule has 1 fully saturated rings. The zero-order valence-electron chi connectivity index (χ0n) is 11.7. The number of aromatic nitrogens is 1. The van der Waals surface area contributed by atoms with Gasteiger partial charge >= 0.3 is 0 Å². The number of hydrogen-bond acceptors (Lipinski definition) is 5. The Morgan fingerprint density at radius 3 is 3.14 bits per heavy atom. The van der Waals surface area contributed by atoms with Gasteiger partial charge in [-0.05, 0) is 12.1 Å². The Morgan fingerprint density at radius 1 is 1.43 bits per heavy atom. The molecule has 6 heteroatoms. The summed E-state index contributed by atoms with van der Waals surface area (Å²) in [6, 6.07) is 7.50. The van der Waals surface area contributed by atoms with Crippen molar-refractivity contribution in [1.82, 2.24) is 10.1 Å². The Balaban J connectivity index is 1.73. The molecular weight excluding hydrogens is 272 g/mol. The first-order valence-corrected chi connectivity index (χ1v) is 7.07. The SMILES string of the molecule is O=C(Cc1noc2ccccc12)N1CCOC[C@@H](CO)C1. The number of para-hydroxylation sites is 1. The van der Waals surface area contributed by atoms with Crippen molar-refractivity contribution in [2.24, 2.45) is 5.92 Å². The molecule has 112 valence electrons. The number of aliphatic hydroxyl groups excluding tert-OH is 1. The van der Waals surface area contributed by atoms with Crippen molar-refractivity contribution < 1.29 is 19.2 Å². The Morgan fingerprint density at radius 2 is 2.29 bits per heavy atom.